The van der Waals surface area contributed by atoms with E-state index < -0.39 is 25.1 Å². The minimum Gasteiger partial charge on any atom is -0.482 e. The summed E-state index contributed by atoms with van der Waals surface area (Å²) in [7, 11) is 0. The van der Waals surface area contributed by atoms with E-state index in [2.05, 4.69) is 5.32 Å². The molecule has 1 N–H and O–H groups in total. The normalized spacial score (nSPS) is 9.90. The van der Waals surface area contributed by atoms with Crippen molar-refractivity contribution >= 4 is 23.3 Å². The van der Waals surface area contributed by atoms with Crippen molar-refractivity contribution in [1.29, 1.82) is 5.26 Å². The molecule has 0 aliphatic rings. The summed E-state index contributed by atoms with van der Waals surface area (Å²) in [5.74, 6) is -1.03. The quantitative estimate of drug-likeness (QED) is 0.448. The van der Waals surface area contributed by atoms with Crippen molar-refractivity contribution in [1.82, 2.24) is 0 Å². The number of hydrogen-bond donors (Lipinski definition) is 1. The Morgan fingerprint density at radius 2 is 1.45 bits per heavy atom. The van der Waals surface area contributed by atoms with E-state index in [4.69, 9.17) is 14.7 Å². The number of para-hydroxylation sites is 1. The number of nitrogens with one attached hydrogen (secondary N) is 1. The van der Waals surface area contributed by atoms with Crippen LogP contribution in [-0.4, -0.2) is 30.9 Å². The Bertz CT molecular complexity index is 1120. The third-order valence-corrected chi connectivity index (χ3v) is 4.20. The highest BCUT2D eigenvalue weighted by atomic mass is 16.6. The van der Waals surface area contributed by atoms with Gasteiger partial charge in [0.1, 0.15) is 11.8 Å². The second-order valence-electron chi connectivity index (χ2n) is 6.37. The second-order valence-corrected chi connectivity index (χ2v) is 6.37. The third kappa shape index (κ3) is 6.02. The molecule has 0 saturated carbocycles. The molecule has 3 aromatic rings. The van der Waals surface area contributed by atoms with Crippen LogP contribution in [0.25, 0.3) is 0 Å². The molecule has 0 radical (unpaired) electrons. The lowest BCUT2D eigenvalue weighted by molar-refractivity contribution is -0.149. The molecule has 31 heavy (non-hydrogen) atoms. The number of carbonyl (C=O) groups is 3. The molecular weight excluding hydrogens is 396 g/mol. The number of ether oxygens (including phenoxy) is 2. The number of carbonyl (C=O) groups excluding carboxylic acids is 3. The minimum atomic E-state index is -0.729. The van der Waals surface area contributed by atoms with Crippen molar-refractivity contribution in [2.45, 2.75) is 0 Å². The van der Waals surface area contributed by atoms with Crippen LogP contribution in [0.1, 0.15) is 21.5 Å². The van der Waals surface area contributed by atoms with Crippen LogP contribution in [0.4, 0.5) is 5.69 Å². The van der Waals surface area contributed by atoms with Gasteiger partial charge in [-0.3, -0.25) is 9.59 Å². The van der Waals surface area contributed by atoms with Crippen LogP contribution in [0.2, 0.25) is 0 Å². The second kappa shape index (κ2) is 10.4. The first-order valence-electron chi connectivity index (χ1n) is 9.34. The number of anilines is 1. The highest BCUT2D eigenvalue weighted by Crippen LogP contribution is 2.16. The zero-order chi connectivity index (χ0) is 22.1. The maximum absolute atomic E-state index is 12.4. The number of rotatable bonds is 8. The fourth-order valence-corrected chi connectivity index (χ4v) is 2.66. The molecule has 154 valence electrons. The zero-order valence-electron chi connectivity index (χ0n) is 16.4. The average Bonchev–Trinajstić information content (AvgIpc) is 2.82. The molecule has 0 saturated heterocycles. The van der Waals surface area contributed by atoms with Crippen LogP contribution in [0.15, 0.2) is 78.9 Å². The van der Waals surface area contributed by atoms with Gasteiger partial charge < -0.3 is 14.8 Å². The van der Waals surface area contributed by atoms with Gasteiger partial charge in [-0.2, -0.15) is 5.26 Å². The molecule has 0 unspecified atom stereocenters. The van der Waals surface area contributed by atoms with Gasteiger partial charge in [-0.25, -0.2) is 4.79 Å². The van der Waals surface area contributed by atoms with Crippen LogP contribution in [-0.2, 0) is 14.3 Å². The van der Waals surface area contributed by atoms with Crippen LogP contribution < -0.4 is 10.1 Å². The highest BCUT2D eigenvalue weighted by Gasteiger charge is 2.12. The molecule has 7 heteroatoms. The Balaban J connectivity index is 1.45. The molecule has 1 amide bonds. The number of ketones is 1. The molecule has 0 atom stereocenters. The highest BCUT2D eigenvalue weighted by molar-refractivity contribution is 6.09. The summed E-state index contributed by atoms with van der Waals surface area (Å²) in [6.45, 7) is -0.902. The van der Waals surface area contributed by atoms with Crippen molar-refractivity contribution in [3.8, 4) is 11.8 Å². The summed E-state index contributed by atoms with van der Waals surface area (Å²) in [6.07, 6.45) is 0. The van der Waals surface area contributed by atoms with E-state index in [0.29, 0.717) is 28.1 Å². The van der Waals surface area contributed by atoms with Gasteiger partial charge in [-0.1, -0.05) is 42.5 Å². The van der Waals surface area contributed by atoms with E-state index in [0.717, 1.165) is 0 Å². The van der Waals surface area contributed by atoms with Crippen LogP contribution in [0, 0.1) is 11.3 Å². The fourth-order valence-electron chi connectivity index (χ4n) is 2.66. The smallest absolute Gasteiger partial charge is 0.344 e. The van der Waals surface area contributed by atoms with Crippen LogP contribution in [0.3, 0.4) is 0 Å². The summed E-state index contributed by atoms with van der Waals surface area (Å²) >= 11 is 0. The number of hydrogen-bond acceptors (Lipinski definition) is 6. The lowest BCUT2D eigenvalue weighted by atomic mass is 10.0. The molecule has 0 spiro atoms. The van der Waals surface area contributed by atoms with E-state index >= 15 is 0 Å². The monoisotopic (exact) mass is 414 g/mol. The molecule has 0 aliphatic heterocycles. The zero-order valence-corrected chi connectivity index (χ0v) is 16.4. The molecule has 7 nitrogen and oxygen atoms in total. The van der Waals surface area contributed by atoms with Crippen molar-refractivity contribution in [3.05, 3.63) is 95.6 Å². The maximum Gasteiger partial charge on any atom is 0.344 e. The predicted octanol–water partition coefficient (Wildman–Crippen LogP) is 3.35. The summed E-state index contributed by atoms with van der Waals surface area (Å²) in [4.78, 5) is 36.1. The standard InChI is InChI=1S/C24H18N2O5/c25-14-19-8-4-5-9-21(19)26-22(27)15-31-23(28)16-30-20-12-10-18(11-13-20)24(29)17-6-2-1-3-7-17/h1-13H,15-16H2,(H,26,27). The Labute approximate surface area is 178 Å². The van der Waals surface area contributed by atoms with Gasteiger partial charge in [0.25, 0.3) is 5.91 Å². The lowest BCUT2D eigenvalue weighted by Gasteiger charge is -2.09. The molecule has 3 rings (SSSR count). The van der Waals surface area contributed by atoms with Gasteiger partial charge in [-0.05, 0) is 36.4 Å². The van der Waals surface area contributed by atoms with E-state index in [9.17, 15) is 14.4 Å². The van der Waals surface area contributed by atoms with Gasteiger partial charge in [-0.15, -0.1) is 0 Å². The van der Waals surface area contributed by atoms with Crippen molar-refractivity contribution in [2.75, 3.05) is 18.5 Å². The number of nitrogens with zero attached hydrogens (tertiary/aromatic N) is 1. The summed E-state index contributed by atoms with van der Waals surface area (Å²) in [6, 6.07) is 23.7. The van der Waals surface area contributed by atoms with Gasteiger partial charge in [0, 0.05) is 11.1 Å². The van der Waals surface area contributed by atoms with Gasteiger partial charge in [0.15, 0.2) is 19.0 Å². The molecule has 0 aromatic heterocycles. The van der Waals surface area contributed by atoms with Gasteiger partial charge in [0.05, 0.1) is 11.3 Å². The third-order valence-electron chi connectivity index (χ3n) is 4.20. The number of benzene rings is 3. The first-order chi connectivity index (χ1) is 15.1. The number of nitriles is 1. The molecule has 0 bridgehead atoms. The molecule has 0 heterocycles. The summed E-state index contributed by atoms with van der Waals surface area (Å²) < 4.78 is 10.2. The van der Waals surface area contributed by atoms with Gasteiger partial charge >= 0.3 is 5.97 Å². The van der Waals surface area contributed by atoms with Crippen molar-refractivity contribution in [2.24, 2.45) is 0 Å². The Kier molecular flexibility index (Phi) is 7.12. The Morgan fingerprint density at radius 3 is 2.16 bits per heavy atom. The van der Waals surface area contributed by atoms with Crippen LogP contribution >= 0.6 is 0 Å². The summed E-state index contributed by atoms with van der Waals surface area (Å²) in [5.41, 5.74) is 1.72. The van der Waals surface area contributed by atoms with Gasteiger partial charge in [0.2, 0.25) is 0 Å². The number of esters is 1. The number of amides is 1. The minimum absolute atomic E-state index is 0.115. The van der Waals surface area contributed by atoms with E-state index in [-0.39, 0.29) is 5.78 Å². The fraction of sp³-hybridized carbons (Fsp3) is 0.0833. The maximum atomic E-state index is 12.4. The lowest BCUT2D eigenvalue weighted by Crippen LogP contribution is -2.24. The van der Waals surface area contributed by atoms with Crippen molar-refractivity contribution in [3.63, 3.8) is 0 Å². The van der Waals surface area contributed by atoms with Crippen LogP contribution in [0.5, 0.6) is 5.75 Å². The Morgan fingerprint density at radius 1 is 0.806 bits per heavy atom. The first-order valence-corrected chi connectivity index (χ1v) is 9.34. The topological polar surface area (TPSA) is 105 Å². The van der Waals surface area contributed by atoms with E-state index in [1.807, 2.05) is 12.1 Å². The largest absolute Gasteiger partial charge is 0.482 e. The Hall–Kier alpha value is -4.44. The molecule has 3 aromatic carbocycles. The first kappa shape index (κ1) is 21.3. The van der Waals surface area contributed by atoms with E-state index in [1.54, 1.807) is 72.8 Å². The van der Waals surface area contributed by atoms with E-state index in [1.165, 1.54) is 0 Å². The SMILES string of the molecule is N#Cc1ccccc1NC(=O)COC(=O)COc1ccc(C(=O)c2ccccc2)cc1. The molecule has 0 aliphatic carbocycles. The molecule has 0 fully saturated rings. The van der Waals surface area contributed by atoms with Crippen molar-refractivity contribution < 1.29 is 23.9 Å². The average molecular weight is 414 g/mol. The predicted molar refractivity (Wildman–Crippen MR) is 113 cm³/mol. The molecular formula is C24H18N2O5. The summed E-state index contributed by atoms with van der Waals surface area (Å²) in [5, 5.41) is 11.5.